The van der Waals surface area contributed by atoms with E-state index >= 15 is 0 Å². The summed E-state index contributed by atoms with van der Waals surface area (Å²) in [6.45, 7) is 1.54. The van der Waals surface area contributed by atoms with Gasteiger partial charge in [0.05, 0.1) is 0 Å². The molecule has 2 saturated carbocycles. The molecule has 0 amide bonds. The molecule has 2 rings (SSSR count). The van der Waals surface area contributed by atoms with Crippen LogP contribution in [0.15, 0.2) is 0 Å². The van der Waals surface area contributed by atoms with E-state index in [9.17, 15) is 4.79 Å². The lowest BCUT2D eigenvalue weighted by Crippen LogP contribution is -2.38. The van der Waals surface area contributed by atoms with Crippen molar-refractivity contribution in [3.05, 3.63) is 0 Å². The third kappa shape index (κ3) is 0.965. The lowest BCUT2D eigenvalue weighted by atomic mass is 10.2. The van der Waals surface area contributed by atoms with Gasteiger partial charge in [0.15, 0.2) is 5.78 Å². The van der Waals surface area contributed by atoms with E-state index in [0.29, 0.717) is 5.54 Å². The molecular weight excluding hydrogens is 138 g/mol. The molecule has 1 N–H and O–H groups in total. The van der Waals surface area contributed by atoms with Gasteiger partial charge in [-0.1, -0.05) is 5.92 Å². The first-order chi connectivity index (χ1) is 5.18. The van der Waals surface area contributed by atoms with E-state index in [-0.39, 0.29) is 11.8 Å². The van der Waals surface area contributed by atoms with Crippen molar-refractivity contribution >= 4 is 5.78 Å². The first-order valence-corrected chi connectivity index (χ1v) is 3.92. The molecule has 2 nitrogen and oxygen atoms in total. The zero-order valence-electron chi connectivity index (χ0n) is 6.55. The number of terminal acetylenes is 1. The predicted molar refractivity (Wildman–Crippen MR) is 41.9 cm³/mol. The van der Waals surface area contributed by atoms with Crippen LogP contribution in [-0.4, -0.2) is 17.4 Å². The maximum atomic E-state index is 10.9. The summed E-state index contributed by atoms with van der Waals surface area (Å²) in [4.78, 5) is 10.9. The zero-order chi connectivity index (χ0) is 8.06. The third-order valence-electron chi connectivity index (χ3n) is 2.69. The van der Waals surface area contributed by atoms with Crippen LogP contribution in [0.5, 0.6) is 0 Å². The number of hydrogen-bond donors (Lipinski definition) is 1. The van der Waals surface area contributed by atoms with Gasteiger partial charge in [-0.2, -0.15) is 0 Å². The molecule has 11 heavy (non-hydrogen) atoms. The average molecular weight is 149 g/mol. The smallest absolute Gasteiger partial charge is 0.158 e. The molecule has 0 saturated heterocycles. The van der Waals surface area contributed by atoms with Crippen LogP contribution in [-0.2, 0) is 4.79 Å². The van der Waals surface area contributed by atoms with Gasteiger partial charge in [-0.3, -0.25) is 10.1 Å². The molecule has 0 aliphatic heterocycles. The van der Waals surface area contributed by atoms with E-state index in [4.69, 9.17) is 6.42 Å². The van der Waals surface area contributed by atoms with Gasteiger partial charge in [-0.15, -0.1) is 6.42 Å². The molecule has 0 bridgehead atoms. The summed E-state index contributed by atoms with van der Waals surface area (Å²) in [6, 6.07) is -0.345. The summed E-state index contributed by atoms with van der Waals surface area (Å²) < 4.78 is 0. The molecular formula is C9H11NO. The topological polar surface area (TPSA) is 29.1 Å². The van der Waals surface area contributed by atoms with Crippen LogP contribution in [0.3, 0.4) is 0 Å². The Hall–Kier alpha value is -0.810. The zero-order valence-corrected chi connectivity index (χ0v) is 6.55. The standard InChI is InChI=1S/C9H11NO/c1-3-8(6(2)11)10-9-4-7(9)5-9/h1,7-8,10H,4-5H2,2H3. The molecule has 0 aromatic carbocycles. The molecule has 0 aromatic heterocycles. The first kappa shape index (κ1) is 6.87. The molecule has 2 fully saturated rings. The van der Waals surface area contributed by atoms with Gasteiger partial charge in [-0.05, 0) is 25.7 Å². The van der Waals surface area contributed by atoms with E-state index < -0.39 is 0 Å². The summed E-state index contributed by atoms with van der Waals surface area (Å²) >= 11 is 0. The molecule has 0 aromatic rings. The number of carbonyl (C=O) groups is 1. The van der Waals surface area contributed by atoms with Crippen LogP contribution in [0.2, 0.25) is 0 Å². The van der Waals surface area contributed by atoms with Gasteiger partial charge in [0.2, 0.25) is 0 Å². The highest BCUT2D eigenvalue weighted by molar-refractivity contribution is 5.84. The molecule has 58 valence electrons. The van der Waals surface area contributed by atoms with Crippen molar-refractivity contribution in [2.75, 3.05) is 0 Å². The van der Waals surface area contributed by atoms with Gasteiger partial charge in [-0.25, -0.2) is 0 Å². The van der Waals surface area contributed by atoms with Gasteiger partial charge < -0.3 is 0 Å². The van der Waals surface area contributed by atoms with Crippen LogP contribution < -0.4 is 5.32 Å². The molecule has 0 spiro atoms. The van der Waals surface area contributed by atoms with E-state index in [1.165, 1.54) is 19.8 Å². The van der Waals surface area contributed by atoms with Crippen molar-refractivity contribution in [3.8, 4) is 12.3 Å². The van der Waals surface area contributed by atoms with E-state index in [0.717, 1.165) is 5.92 Å². The fraction of sp³-hybridized carbons (Fsp3) is 0.667. The Balaban J connectivity index is 1.93. The van der Waals surface area contributed by atoms with Crippen LogP contribution in [0.4, 0.5) is 0 Å². The van der Waals surface area contributed by atoms with Crippen LogP contribution in [0, 0.1) is 18.3 Å². The Morgan fingerprint density at radius 3 is 2.64 bits per heavy atom. The largest absolute Gasteiger partial charge is 0.297 e. The maximum Gasteiger partial charge on any atom is 0.158 e. The fourth-order valence-electron chi connectivity index (χ4n) is 1.49. The van der Waals surface area contributed by atoms with Crippen molar-refractivity contribution in [2.24, 2.45) is 5.92 Å². The number of rotatable bonds is 3. The summed E-state index contributed by atoms with van der Waals surface area (Å²) in [6.07, 6.45) is 7.64. The quantitative estimate of drug-likeness (QED) is 0.586. The number of fused-ring (bicyclic) bond motifs is 1. The molecule has 0 heterocycles. The second-order valence-corrected chi connectivity index (χ2v) is 3.62. The minimum Gasteiger partial charge on any atom is -0.297 e. The second-order valence-electron chi connectivity index (χ2n) is 3.62. The highest BCUT2D eigenvalue weighted by Gasteiger charge is 2.70. The van der Waals surface area contributed by atoms with E-state index in [1.807, 2.05) is 0 Å². The Labute approximate surface area is 66.4 Å². The maximum absolute atomic E-state index is 10.9. The molecule has 1 unspecified atom stereocenters. The molecule has 2 aliphatic carbocycles. The lowest BCUT2D eigenvalue weighted by Gasteiger charge is -2.11. The van der Waals surface area contributed by atoms with E-state index in [1.54, 1.807) is 0 Å². The number of hydrogen-bond acceptors (Lipinski definition) is 2. The molecule has 2 heteroatoms. The minimum absolute atomic E-state index is 0.0550. The Kier molecular flexibility index (Phi) is 1.16. The van der Waals surface area contributed by atoms with Gasteiger partial charge in [0, 0.05) is 5.54 Å². The predicted octanol–water partition coefficient (Wildman–Crippen LogP) is 0.329. The summed E-state index contributed by atoms with van der Waals surface area (Å²) in [5, 5.41) is 3.20. The van der Waals surface area contributed by atoms with E-state index in [2.05, 4.69) is 11.2 Å². The van der Waals surface area contributed by atoms with Crippen LogP contribution in [0.1, 0.15) is 19.8 Å². The number of nitrogens with one attached hydrogen (secondary N) is 1. The molecule has 1 atom stereocenters. The van der Waals surface area contributed by atoms with Crippen molar-refractivity contribution < 1.29 is 4.79 Å². The first-order valence-electron chi connectivity index (χ1n) is 3.92. The highest BCUT2D eigenvalue weighted by Crippen LogP contribution is 2.66. The van der Waals surface area contributed by atoms with Crippen LogP contribution >= 0.6 is 0 Å². The average Bonchev–Trinajstić information content (AvgIpc) is 2.68. The van der Waals surface area contributed by atoms with Crippen LogP contribution in [0.25, 0.3) is 0 Å². The Morgan fingerprint density at radius 1 is 1.82 bits per heavy atom. The number of carbonyl (C=O) groups excluding carboxylic acids is 1. The Morgan fingerprint density at radius 2 is 2.36 bits per heavy atom. The highest BCUT2D eigenvalue weighted by atomic mass is 16.1. The monoisotopic (exact) mass is 149 g/mol. The third-order valence-corrected chi connectivity index (χ3v) is 2.69. The van der Waals surface area contributed by atoms with Crippen molar-refractivity contribution in [1.82, 2.24) is 5.32 Å². The summed E-state index contributed by atoms with van der Waals surface area (Å²) in [5.41, 5.74) is 0.308. The summed E-state index contributed by atoms with van der Waals surface area (Å²) in [7, 11) is 0. The number of Topliss-reactive ketones (excluding diaryl/α,β-unsaturated/α-hetero) is 1. The van der Waals surface area contributed by atoms with Gasteiger partial charge >= 0.3 is 0 Å². The van der Waals surface area contributed by atoms with Crippen molar-refractivity contribution in [2.45, 2.75) is 31.3 Å². The van der Waals surface area contributed by atoms with Crippen molar-refractivity contribution in [1.29, 1.82) is 0 Å². The van der Waals surface area contributed by atoms with Gasteiger partial charge in [0.25, 0.3) is 0 Å². The lowest BCUT2D eigenvalue weighted by molar-refractivity contribution is -0.117. The van der Waals surface area contributed by atoms with Gasteiger partial charge in [0.1, 0.15) is 6.04 Å². The normalized spacial score (nSPS) is 40.2. The van der Waals surface area contributed by atoms with Crippen molar-refractivity contribution in [3.63, 3.8) is 0 Å². The second kappa shape index (κ2) is 1.86. The molecule has 2 aliphatic rings. The fourth-order valence-corrected chi connectivity index (χ4v) is 1.49. The number of ketones is 1. The SMILES string of the molecule is C#CC(NC12CC1C2)C(C)=O. The minimum atomic E-state index is -0.345. The molecule has 0 radical (unpaired) electrons. The Bertz CT molecular complexity index is 245. The summed E-state index contributed by atoms with van der Waals surface area (Å²) in [5.74, 6) is 3.35.